The summed E-state index contributed by atoms with van der Waals surface area (Å²) in [5, 5.41) is 27.5. The molecule has 0 aromatic carbocycles. The van der Waals surface area contributed by atoms with Crippen LogP contribution in [0.25, 0.3) is 0 Å². The first-order chi connectivity index (χ1) is 13.0. The van der Waals surface area contributed by atoms with Crippen LogP contribution in [0.5, 0.6) is 0 Å². The van der Waals surface area contributed by atoms with Crippen molar-refractivity contribution >= 4 is 33.8 Å². The summed E-state index contributed by atoms with van der Waals surface area (Å²) in [4.78, 5) is 32.7. The summed E-state index contributed by atoms with van der Waals surface area (Å²) < 4.78 is 21.6. The number of nitrogens with one attached hydrogen (secondary N) is 2. The standard InChI is InChI=1S/C15H24N4O7S2/c1-6-11-10(7(2)20)14(21)19(11)12(15(22)23)13(6)27-9-3-8(17-4-9)5-26-18-28(16,24)25/h6-11,17-18,20H,3-5H2,1-2H3,(H,22,23)(H2,16,24,25)/t6-,7-,8-,9-,10-,11-/m1/s1. The van der Waals surface area contributed by atoms with Gasteiger partial charge in [0.25, 0.3) is 10.2 Å². The van der Waals surface area contributed by atoms with E-state index in [4.69, 9.17) is 9.98 Å². The van der Waals surface area contributed by atoms with Crippen LogP contribution in [-0.2, 0) is 24.6 Å². The van der Waals surface area contributed by atoms with Crippen LogP contribution < -0.4 is 15.3 Å². The van der Waals surface area contributed by atoms with E-state index in [0.29, 0.717) is 17.9 Å². The van der Waals surface area contributed by atoms with Crippen LogP contribution in [0.1, 0.15) is 20.3 Å². The first-order valence-corrected chi connectivity index (χ1v) is 11.2. The molecule has 0 aromatic heterocycles. The fourth-order valence-electron chi connectivity index (χ4n) is 4.07. The van der Waals surface area contributed by atoms with Crippen molar-refractivity contribution in [3.8, 4) is 0 Å². The van der Waals surface area contributed by atoms with E-state index in [0.717, 1.165) is 0 Å². The zero-order chi connectivity index (χ0) is 20.8. The topological polar surface area (TPSA) is 171 Å². The minimum Gasteiger partial charge on any atom is -0.477 e. The average molecular weight is 437 g/mol. The molecule has 3 rings (SSSR count). The molecule has 0 aromatic rings. The van der Waals surface area contributed by atoms with Crippen LogP contribution >= 0.6 is 11.8 Å². The maximum atomic E-state index is 12.3. The second-order valence-corrected chi connectivity index (χ2v) is 9.89. The molecule has 28 heavy (non-hydrogen) atoms. The molecule has 0 aliphatic carbocycles. The first kappa shape index (κ1) is 21.5. The normalized spacial score (nSPS) is 33.8. The third-order valence-corrected chi connectivity index (χ3v) is 7.11. The number of nitrogens with zero attached hydrogens (tertiary/aromatic N) is 1. The Morgan fingerprint density at radius 2 is 2.21 bits per heavy atom. The maximum Gasteiger partial charge on any atom is 0.353 e. The van der Waals surface area contributed by atoms with Crippen LogP contribution in [0.2, 0.25) is 0 Å². The number of carbonyl (C=O) groups excluding carboxylic acids is 1. The third-order valence-electron chi connectivity index (χ3n) is 5.25. The number of nitrogens with two attached hydrogens (primary N) is 1. The van der Waals surface area contributed by atoms with E-state index >= 15 is 0 Å². The van der Waals surface area contributed by atoms with Gasteiger partial charge in [-0.25, -0.2) is 9.93 Å². The highest BCUT2D eigenvalue weighted by Gasteiger charge is 2.60. The first-order valence-electron chi connectivity index (χ1n) is 8.81. The molecule has 0 radical (unpaired) electrons. The van der Waals surface area contributed by atoms with Gasteiger partial charge in [0.05, 0.1) is 24.7 Å². The lowest BCUT2D eigenvalue weighted by atomic mass is 9.79. The number of carboxylic acids is 1. The maximum absolute atomic E-state index is 12.3. The van der Waals surface area contributed by atoms with Crippen LogP contribution in [0.15, 0.2) is 10.6 Å². The van der Waals surface area contributed by atoms with Gasteiger partial charge in [0.15, 0.2) is 0 Å². The van der Waals surface area contributed by atoms with Crippen LogP contribution in [0.4, 0.5) is 0 Å². The Hall–Kier alpha value is -1.22. The van der Waals surface area contributed by atoms with E-state index in [1.165, 1.54) is 16.7 Å². The highest BCUT2D eigenvalue weighted by Crippen LogP contribution is 2.51. The van der Waals surface area contributed by atoms with Crippen molar-refractivity contribution in [2.24, 2.45) is 17.0 Å². The smallest absolute Gasteiger partial charge is 0.353 e. The molecule has 13 heteroatoms. The number of thioether (sulfide) groups is 1. The summed E-state index contributed by atoms with van der Waals surface area (Å²) in [5.41, 5.74) is -0.00000759. The van der Waals surface area contributed by atoms with Gasteiger partial charge < -0.3 is 20.4 Å². The van der Waals surface area contributed by atoms with Crippen molar-refractivity contribution in [2.75, 3.05) is 13.2 Å². The summed E-state index contributed by atoms with van der Waals surface area (Å²) in [6.07, 6.45) is -0.213. The summed E-state index contributed by atoms with van der Waals surface area (Å²) in [7, 11) is -3.93. The minimum absolute atomic E-state index is 0.00000759. The Balaban J connectivity index is 1.65. The number of hydrogen-bond donors (Lipinski definition) is 5. The molecule has 6 N–H and O–H groups in total. The molecular weight excluding hydrogens is 412 g/mol. The van der Waals surface area contributed by atoms with Gasteiger partial charge in [0.2, 0.25) is 5.91 Å². The summed E-state index contributed by atoms with van der Waals surface area (Å²) >= 11 is 1.41. The van der Waals surface area contributed by atoms with E-state index in [1.54, 1.807) is 11.8 Å². The van der Waals surface area contributed by atoms with Crippen molar-refractivity contribution < 1.29 is 33.1 Å². The lowest BCUT2D eigenvalue weighted by Crippen LogP contribution is -2.63. The highest BCUT2D eigenvalue weighted by atomic mass is 32.2. The molecule has 0 bridgehead atoms. The van der Waals surface area contributed by atoms with Crippen molar-refractivity contribution in [1.82, 2.24) is 15.1 Å². The number of rotatable bonds is 8. The molecule has 158 valence electrons. The van der Waals surface area contributed by atoms with E-state index in [9.17, 15) is 28.2 Å². The summed E-state index contributed by atoms with van der Waals surface area (Å²) in [5.74, 6) is -2.29. The number of β-lactam (4-membered cyclic amide) rings is 1. The number of carbonyl (C=O) groups is 2. The van der Waals surface area contributed by atoms with Gasteiger partial charge in [-0.1, -0.05) is 11.8 Å². The van der Waals surface area contributed by atoms with Crippen LogP contribution in [0, 0.1) is 11.8 Å². The fourth-order valence-corrected chi connectivity index (χ4v) is 5.82. The number of aliphatic hydroxyl groups is 1. The summed E-state index contributed by atoms with van der Waals surface area (Å²) in [6.45, 7) is 4.07. The Morgan fingerprint density at radius 3 is 2.79 bits per heavy atom. The van der Waals surface area contributed by atoms with E-state index in [2.05, 4.69) is 5.32 Å². The number of aliphatic carboxylic acids is 1. The molecule has 6 atom stereocenters. The lowest BCUT2D eigenvalue weighted by molar-refractivity contribution is -0.163. The molecule has 11 nitrogen and oxygen atoms in total. The van der Waals surface area contributed by atoms with E-state index in [1.807, 2.05) is 6.92 Å². The van der Waals surface area contributed by atoms with Crippen molar-refractivity contribution in [3.63, 3.8) is 0 Å². The molecular formula is C15H24N4O7S2. The highest BCUT2D eigenvalue weighted by molar-refractivity contribution is 8.03. The lowest BCUT2D eigenvalue weighted by Gasteiger charge is -2.46. The van der Waals surface area contributed by atoms with Gasteiger partial charge in [-0.2, -0.15) is 8.42 Å². The van der Waals surface area contributed by atoms with Crippen LogP contribution in [-0.4, -0.2) is 72.0 Å². The second-order valence-electron chi connectivity index (χ2n) is 7.29. The number of fused-ring (bicyclic) bond motifs is 1. The predicted molar refractivity (Wildman–Crippen MR) is 99.6 cm³/mol. The minimum atomic E-state index is -3.93. The zero-order valence-corrected chi connectivity index (χ0v) is 17.0. The van der Waals surface area contributed by atoms with Gasteiger partial charge in [-0.15, -0.1) is 11.8 Å². The van der Waals surface area contributed by atoms with Gasteiger partial charge in [-0.05, 0) is 13.3 Å². The average Bonchev–Trinajstić information content (AvgIpc) is 3.09. The van der Waals surface area contributed by atoms with Gasteiger partial charge in [0, 0.05) is 28.7 Å². The largest absolute Gasteiger partial charge is 0.477 e. The molecule has 2 saturated heterocycles. The molecule has 3 heterocycles. The van der Waals surface area contributed by atoms with Gasteiger partial charge in [-0.3, -0.25) is 9.63 Å². The summed E-state index contributed by atoms with van der Waals surface area (Å²) in [6, 6.07) is -0.463. The predicted octanol–water partition coefficient (Wildman–Crippen LogP) is -1.67. The Labute approximate surface area is 166 Å². The SMILES string of the molecule is C[C@@H](O)[C@H]1C(=O)N2C(C(=O)O)=C(S[C@H]3CN[C@@H](CONS(N)(=O)=O)C3)[C@H](C)[C@H]12. The number of amides is 1. The number of aliphatic hydroxyl groups excluding tert-OH is 1. The number of carboxylic acid groups (broad SMARTS) is 1. The Morgan fingerprint density at radius 1 is 1.54 bits per heavy atom. The molecule has 0 spiro atoms. The van der Waals surface area contributed by atoms with Crippen LogP contribution in [0.3, 0.4) is 0 Å². The molecule has 0 saturated carbocycles. The quantitative estimate of drug-likeness (QED) is 0.220. The second kappa shape index (κ2) is 7.89. The van der Waals surface area contributed by atoms with Crippen molar-refractivity contribution in [2.45, 2.75) is 43.7 Å². The zero-order valence-electron chi connectivity index (χ0n) is 15.4. The van der Waals surface area contributed by atoms with Crippen molar-refractivity contribution in [3.05, 3.63) is 10.6 Å². The Kier molecular flexibility index (Phi) is 6.06. The van der Waals surface area contributed by atoms with Gasteiger partial charge in [0.1, 0.15) is 5.70 Å². The molecule has 3 aliphatic rings. The molecule has 2 fully saturated rings. The number of hydrogen-bond acceptors (Lipinski definition) is 8. The third kappa shape index (κ3) is 4.06. The molecule has 1 amide bonds. The molecule has 0 unspecified atom stereocenters. The Bertz CT molecular complexity index is 800. The van der Waals surface area contributed by atoms with E-state index in [-0.39, 0.29) is 41.5 Å². The monoisotopic (exact) mass is 436 g/mol. The van der Waals surface area contributed by atoms with E-state index < -0.39 is 28.2 Å². The fraction of sp³-hybridized carbons (Fsp3) is 0.733. The van der Waals surface area contributed by atoms with Gasteiger partial charge >= 0.3 is 5.97 Å². The molecule has 3 aliphatic heterocycles. The van der Waals surface area contributed by atoms with Crippen molar-refractivity contribution in [1.29, 1.82) is 0 Å².